The second-order valence-corrected chi connectivity index (χ2v) is 6.02. The van der Waals surface area contributed by atoms with E-state index >= 15 is 0 Å². The molecule has 1 aliphatic carbocycles. The highest BCUT2D eigenvalue weighted by Gasteiger charge is 2.58. The summed E-state index contributed by atoms with van der Waals surface area (Å²) < 4.78 is 0. The van der Waals surface area contributed by atoms with Crippen molar-refractivity contribution < 1.29 is 9.90 Å². The van der Waals surface area contributed by atoms with Crippen molar-refractivity contribution in [1.82, 2.24) is 5.32 Å². The Morgan fingerprint density at radius 3 is 2.47 bits per heavy atom. The molecule has 3 heteroatoms. The van der Waals surface area contributed by atoms with Gasteiger partial charge in [-0.3, -0.25) is 4.79 Å². The number of carboxylic acid groups (broad SMARTS) is 1. The molecule has 1 atom stereocenters. The van der Waals surface area contributed by atoms with Crippen LogP contribution in [0.4, 0.5) is 0 Å². The van der Waals surface area contributed by atoms with Gasteiger partial charge in [-0.2, -0.15) is 0 Å². The summed E-state index contributed by atoms with van der Waals surface area (Å²) in [6.07, 6.45) is 3.90. The molecule has 2 rings (SSSR count). The molecular weight excluding hydrogens is 190 g/mol. The molecule has 0 aromatic carbocycles. The molecule has 1 saturated heterocycles. The van der Waals surface area contributed by atoms with Crippen molar-refractivity contribution in [3.05, 3.63) is 0 Å². The zero-order valence-corrected chi connectivity index (χ0v) is 9.68. The first-order chi connectivity index (χ1) is 6.96. The van der Waals surface area contributed by atoms with Crippen LogP contribution in [0.25, 0.3) is 0 Å². The Hall–Kier alpha value is -0.570. The van der Waals surface area contributed by atoms with E-state index in [2.05, 4.69) is 19.2 Å². The summed E-state index contributed by atoms with van der Waals surface area (Å²) in [5, 5.41) is 12.8. The minimum atomic E-state index is -0.574. The Morgan fingerprint density at radius 2 is 2.07 bits per heavy atom. The van der Waals surface area contributed by atoms with E-state index in [0.29, 0.717) is 5.92 Å². The summed E-state index contributed by atoms with van der Waals surface area (Å²) in [5.74, 6) is -0.229. The van der Waals surface area contributed by atoms with Gasteiger partial charge in [0.1, 0.15) is 0 Å². The van der Waals surface area contributed by atoms with Crippen molar-refractivity contribution in [3.63, 3.8) is 0 Å². The summed E-state index contributed by atoms with van der Waals surface area (Å²) in [7, 11) is 0. The van der Waals surface area contributed by atoms with E-state index in [4.69, 9.17) is 0 Å². The van der Waals surface area contributed by atoms with Gasteiger partial charge in [0, 0.05) is 0 Å². The van der Waals surface area contributed by atoms with E-state index in [9.17, 15) is 9.90 Å². The molecule has 3 nitrogen and oxygen atoms in total. The fourth-order valence-electron chi connectivity index (χ4n) is 3.59. The van der Waals surface area contributed by atoms with Crippen molar-refractivity contribution in [2.45, 2.75) is 39.5 Å². The summed E-state index contributed by atoms with van der Waals surface area (Å²) >= 11 is 0. The molecule has 0 aromatic heterocycles. The summed E-state index contributed by atoms with van der Waals surface area (Å²) in [6.45, 7) is 6.28. The number of aliphatic carboxylic acids is 1. The maximum absolute atomic E-state index is 11.5. The number of carboxylic acids is 1. The number of hydrogen-bond donors (Lipinski definition) is 2. The summed E-state index contributed by atoms with van der Waals surface area (Å²) in [6, 6.07) is 0. The van der Waals surface area contributed by atoms with Crippen LogP contribution in [0.3, 0.4) is 0 Å². The number of carbonyl (C=O) groups is 1. The van der Waals surface area contributed by atoms with E-state index in [-0.39, 0.29) is 5.41 Å². The topological polar surface area (TPSA) is 49.3 Å². The zero-order chi connectivity index (χ0) is 11.1. The molecule has 2 aliphatic rings. The lowest BCUT2D eigenvalue weighted by Crippen LogP contribution is -2.56. The van der Waals surface area contributed by atoms with E-state index in [1.165, 1.54) is 0 Å². The van der Waals surface area contributed by atoms with Crippen molar-refractivity contribution in [2.75, 3.05) is 13.1 Å². The largest absolute Gasteiger partial charge is 0.481 e. The second kappa shape index (κ2) is 3.48. The molecule has 0 spiro atoms. The molecule has 0 amide bonds. The van der Waals surface area contributed by atoms with E-state index in [1.54, 1.807) is 0 Å². The highest BCUT2D eigenvalue weighted by Crippen LogP contribution is 2.59. The third kappa shape index (κ3) is 1.78. The van der Waals surface area contributed by atoms with Crippen LogP contribution in [0.1, 0.15) is 39.5 Å². The normalized spacial score (nSPS) is 33.1. The molecule has 1 saturated carbocycles. The van der Waals surface area contributed by atoms with Crippen molar-refractivity contribution in [1.29, 1.82) is 0 Å². The molecule has 0 bridgehead atoms. The molecule has 0 aromatic rings. The minimum Gasteiger partial charge on any atom is -0.481 e. The Kier molecular flexibility index (Phi) is 2.53. The quantitative estimate of drug-likeness (QED) is 0.733. The molecule has 86 valence electrons. The monoisotopic (exact) mass is 211 g/mol. The predicted octanol–water partition coefficient (Wildman–Crippen LogP) is 1.88. The van der Waals surface area contributed by atoms with Gasteiger partial charge in [0.2, 0.25) is 0 Å². The van der Waals surface area contributed by atoms with Crippen LogP contribution >= 0.6 is 0 Å². The number of hydrogen-bond acceptors (Lipinski definition) is 2. The Balaban J connectivity index is 2.10. The Bertz CT molecular complexity index is 259. The van der Waals surface area contributed by atoms with Gasteiger partial charge in [0.25, 0.3) is 0 Å². The van der Waals surface area contributed by atoms with Crippen molar-refractivity contribution in [2.24, 2.45) is 16.7 Å². The first-order valence-corrected chi connectivity index (χ1v) is 5.90. The third-order valence-corrected chi connectivity index (χ3v) is 4.09. The highest BCUT2D eigenvalue weighted by atomic mass is 16.4. The Morgan fingerprint density at radius 1 is 1.40 bits per heavy atom. The van der Waals surface area contributed by atoms with Gasteiger partial charge in [0.05, 0.1) is 5.41 Å². The second-order valence-electron chi connectivity index (χ2n) is 6.02. The molecule has 1 unspecified atom stereocenters. The molecule has 2 fully saturated rings. The summed E-state index contributed by atoms with van der Waals surface area (Å²) in [4.78, 5) is 11.5. The number of nitrogens with one attached hydrogen (secondary N) is 1. The fourth-order valence-corrected chi connectivity index (χ4v) is 3.59. The van der Waals surface area contributed by atoms with Crippen LogP contribution in [0, 0.1) is 16.7 Å². The summed E-state index contributed by atoms with van der Waals surface area (Å²) in [5.41, 5.74) is -0.188. The average molecular weight is 211 g/mol. The van der Waals surface area contributed by atoms with Gasteiger partial charge in [-0.25, -0.2) is 0 Å². The lowest BCUT2D eigenvalue weighted by Gasteiger charge is -2.55. The predicted molar refractivity (Wildman–Crippen MR) is 58.7 cm³/mol. The minimum absolute atomic E-state index is 0.232. The lowest BCUT2D eigenvalue weighted by atomic mass is 9.49. The van der Waals surface area contributed by atoms with Crippen LogP contribution in [0.2, 0.25) is 0 Å². The van der Waals surface area contributed by atoms with Gasteiger partial charge in [-0.15, -0.1) is 0 Å². The zero-order valence-electron chi connectivity index (χ0n) is 9.68. The van der Waals surface area contributed by atoms with Crippen LogP contribution in [0.15, 0.2) is 0 Å². The van der Waals surface area contributed by atoms with Crippen LogP contribution < -0.4 is 5.32 Å². The van der Waals surface area contributed by atoms with Crippen molar-refractivity contribution in [3.8, 4) is 0 Å². The molecule has 2 N–H and O–H groups in total. The number of piperidine rings is 1. The fraction of sp³-hybridized carbons (Fsp3) is 0.917. The van der Waals surface area contributed by atoms with Crippen LogP contribution in [-0.2, 0) is 4.79 Å². The van der Waals surface area contributed by atoms with Gasteiger partial charge in [-0.05, 0) is 50.1 Å². The van der Waals surface area contributed by atoms with Gasteiger partial charge < -0.3 is 10.4 Å². The molecular formula is C12H21NO2. The van der Waals surface area contributed by atoms with Crippen LogP contribution in [0.5, 0.6) is 0 Å². The number of rotatable bonds is 2. The van der Waals surface area contributed by atoms with Gasteiger partial charge >= 0.3 is 5.97 Å². The average Bonchev–Trinajstić information content (AvgIpc) is 2.14. The lowest BCUT2D eigenvalue weighted by molar-refractivity contribution is -0.173. The van der Waals surface area contributed by atoms with Crippen LogP contribution in [-0.4, -0.2) is 24.2 Å². The van der Waals surface area contributed by atoms with Gasteiger partial charge in [-0.1, -0.05) is 13.8 Å². The molecule has 15 heavy (non-hydrogen) atoms. The van der Waals surface area contributed by atoms with Gasteiger partial charge in [0.15, 0.2) is 0 Å². The first-order valence-electron chi connectivity index (χ1n) is 5.90. The van der Waals surface area contributed by atoms with E-state index in [0.717, 1.165) is 38.8 Å². The SMILES string of the molecule is CC1(C)CC(C(=O)O)(C2CCCNC2)C1. The van der Waals surface area contributed by atoms with Crippen molar-refractivity contribution >= 4 is 5.97 Å². The standard InChI is InChI=1S/C12H21NO2/c1-11(2)7-12(8-11,10(14)15)9-4-3-5-13-6-9/h9,13H,3-8H2,1-2H3,(H,14,15). The first kappa shape index (κ1) is 10.9. The Labute approximate surface area is 91.2 Å². The molecule has 1 aliphatic heterocycles. The smallest absolute Gasteiger partial charge is 0.310 e. The highest BCUT2D eigenvalue weighted by molar-refractivity contribution is 5.76. The third-order valence-electron chi connectivity index (χ3n) is 4.09. The maximum atomic E-state index is 11.5. The van der Waals surface area contributed by atoms with E-state index < -0.39 is 11.4 Å². The molecule has 0 radical (unpaired) electrons. The molecule has 1 heterocycles. The maximum Gasteiger partial charge on any atom is 0.310 e. The van der Waals surface area contributed by atoms with E-state index in [1.807, 2.05) is 0 Å².